The van der Waals surface area contributed by atoms with E-state index in [-0.39, 0.29) is 17.5 Å². The van der Waals surface area contributed by atoms with E-state index in [1.807, 2.05) is 32.0 Å². The van der Waals surface area contributed by atoms with Gasteiger partial charge in [0.2, 0.25) is 0 Å². The molecule has 0 saturated carbocycles. The maximum atomic E-state index is 12.4. The first-order valence-electron chi connectivity index (χ1n) is 8.13. The maximum absolute atomic E-state index is 12.4. The largest absolute Gasteiger partial charge is 0.352 e. The number of pyridine rings is 1. The van der Waals surface area contributed by atoms with Gasteiger partial charge in [-0.25, -0.2) is 0 Å². The number of carbonyl (C=O) groups is 2. The molecule has 0 atom stereocenters. The Hall–Kier alpha value is -2.69. The lowest BCUT2D eigenvalue weighted by Crippen LogP contribution is -2.25. The summed E-state index contributed by atoms with van der Waals surface area (Å²) in [4.78, 5) is 28.5. The molecule has 2 N–H and O–H groups in total. The van der Waals surface area contributed by atoms with Crippen LogP contribution >= 0.6 is 0 Å². The van der Waals surface area contributed by atoms with E-state index in [4.69, 9.17) is 0 Å². The predicted molar refractivity (Wildman–Crippen MR) is 95.3 cm³/mol. The molecule has 5 heteroatoms. The van der Waals surface area contributed by atoms with Gasteiger partial charge in [-0.1, -0.05) is 19.4 Å². The van der Waals surface area contributed by atoms with Crippen LogP contribution in [0.5, 0.6) is 0 Å². The number of nitrogens with one attached hydrogen (secondary N) is 2. The second kappa shape index (κ2) is 8.24. The average Bonchev–Trinajstić information content (AvgIpc) is 2.54. The highest BCUT2D eigenvalue weighted by atomic mass is 16.2. The van der Waals surface area contributed by atoms with Crippen molar-refractivity contribution in [1.82, 2.24) is 10.3 Å². The average molecular weight is 325 g/mol. The van der Waals surface area contributed by atoms with Crippen LogP contribution in [0.25, 0.3) is 0 Å². The van der Waals surface area contributed by atoms with Crippen LogP contribution in [0.4, 0.5) is 5.69 Å². The van der Waals surface area contributed by atoms with Crippen LogP contribution in [0.15, 0.2) is 36.5 Å². The number of benzene rings is 1. The summed E-state index contributed by atoms with van der Waals surface area (Å²) in [6.07, 6.45) is 3.42. The summed E-state index contributed by atoms with van der Waals surface area (Å²) in [5.74, 6) is -0.519. The second-order valence-electron chi connectivity index (χ2n) is 5.87. The van der Waals surface area contributed by atoms with Crippen molar-refractivity contribution in [2.24, 2.45) is 0 Å². The minimum Gasteiger partial charge on any atom is -0.352 e. The van der Waals surface area contributed by atoms with Gasteiger partial charge in [0, 0.05) is 24.0 Å². The highest BCUT2D eigenvalue weighted by molar-refractivity contribution is 6.04. The predicted octanol–water partition coefficient (Wildman–Crippen LogP) is 3.48. The van der Waals surface area contributed by atoms with Crippen molar-refractivity contribution in [3.05, 3.63) is 58.9 Å². The normalized spacial score (nSPS) is 10.3. The van der Waals surface area contributed by atoms with E-state index >= 15 is 0 Å². The summed E-state index contributed by atoms with van der Waals surface area (Å²) < 4.78 is 0. The van der Waals surface area contributed by atoms with Crippen molar-refractivity contribution in [1.29, 1.82) is 0 Å². The number of amides is 2. The monoisotopic (exact) mass is 325 g/mol. The Kier molecular flexibility index (Phi) is 6.07. The Bertz CT molecular complexity index is 721. The third kappa shape index (κ3) is 4.91. The first kappa shape index (κ1) is 17.7. The molecule has 126 valence electrons. The highest BCUT2D eigenvalue weighted by Gasteiger charge is 2.12. The summed E-state index contributed by atoms with van der Waals surface area (Å²) in [6, 6.07) is 8.95. The van der Waals surface area contributed by atoms with Crippen molar-refractivity contribution in [3.8, 4) is 0 Å². The van der Waals surface area contributed by atoms with Crippen LogP contribution < -0.4 is 10.6 Å². The van der Waals surface area contributed by atoms with Crippen molar-refractivity contribution in [2.75, 3.05) is 11.9 Å². The number of carbonyl (C=O) groups excluding carboxylic acids is 2. The molecule has 24 heavy (non-hydrogen) atoms. The third-order valence-electron chi connectivity index (χ3n) is 3.55. The lowest BCUT2D eigenvalue weighted by Gasteiger charge is -2.08. The smallest absolute Gasteiger partial charge is 0.274 e. The molecule has 0 fully saturated rings. The van der Waals surface area contributed by atoms with Gasteiger partial charge in [0.1, 0.15) is 5.69 Å². The van der Waals surface area contributed by atoms with Crippen LogP contribution in [0.2, 0.25) is 0 Å². The third-order valence-corrected chi connectivity index (χ3v) is 3.55. The fraction of sp³-hybridized carbons (Fsp3) is 0.316. The minimum atomic E-state index is -0.330. The van der Waals surface area contributed by atoms with Crippen molar-refractivity contribution >= 4 is 17.5 Å². The molecule has 5 nitrogen and oxygen atoms in total. The molecule has 0 radical (unpaired) electrons. The molecule has 2 rings (SSSR count). The van der Waals surface area contributed by atoms with E-state index < -0.39 is 0 Å². The summed E-state index contributed by atoms with van der Waals surface area (Å²) in [5.41, 5.74) is 3.52. The maximum Gasteiger partial charge on any atom is 0.274 e. The minimum absolute atomic E-state index is 0.189. The van der Waals surface area contributed by atoms with Crippen LogP contribution in [0.3, 0.4) is 0 Å². The van der Waals surface area contributed by atoms with Gasteiger partial charge in [0.25, 0.3) is 11.8 Å². The van der Waals surface area contributed by atoms with Gasteiger partial charge < -0.3 is 10.6 Å². The lowest BCUT2D eigenvalue weighted by atomic mass is 10.1. The molecular weight excluding hydrogens is 302 g/mol. The number of rotatable bonds is 6. The van der Waals surface area contributed by atoms with E-state index in [0.29, 0.717) is 12.1 Å². The number of hydrogen-bond donors (Lipinski definition) is 2. The molecule has 1 aromatic carbocycles. The summed E-state index contributed by atoms with van der Waals surface area (Å²) in [6.45, 7) is 6.64. The second-order valence-corrected chi connectivity index (χ2v) is 5.87. The number of aromatic nitrogens is 1. The van der Waals surface area contributed by atoms with E-state index in [9.17, 15) is 9.59 Å². The number of aryl methyl sites for hydroxylation is 2. The fourth-order valence-electron chi connectivity index (χ4n) is 2.42. The Balaban J connectivity index is 2.09. The van der Waals surface area contributed by atoms with Gasteiger partial charge in [0.05, 0.1) is 0 Å². The number of hydrogen-bond acceptors (Lipinski definition) is 3. The van der Waals surface area contributed by atoms with E-state index in [0.717, 1.165) is 29.7 Å². The zero-order valence-corrected chi connectivity index (χ0v) is 14.3. The molecule has 0 unspecified atom stereocenters. The first-order valence-corrected chi connectivity index (χ1v) is 8.13. The standard InChI is InChI=1S/C19H23N3O2/c1-4-5-7-21-18(23)15-6-8-20-17(12-15)19(24)22-16-10-13(2)9-14(3)11-16/h6,8-12H,4-5,7H2,1-3H3,(H,21,23)(H,22,24). The molecule has 0 bridgehead atoms. The van der Waals surface area contributed by atoms with Gasteiger partial charge in [-0.3, -0.25) is 14.6 Å². The molecule has 2 amide bonds. The van der Waals surface area contributed by atoms with Gasteiger partial charge in [-0.15, -0.1) is 0 Å². The zero-order valence-electron chi connectivity index (χ0n) is 14.3. The topological polar surface area (TPSA) is 71.1 Å². The van der Waals surface area contributed by atoms with E-state index in [1.54, 1.807) is 6.07 Å². The van der Waals surface area contributed by atoms with Crippen LogP contribution in [0, 0.1) is 13.8 Å². The van der Waals surface area contributed by atoms with E-state index in [1.165, 1.54) is 12.3 Å². The molecule has 0 aliphatic carbocycles. The Labute approximate surface area is 142 Å². The van der Waals surface area contributed by atoms with Crippen LogP contribution in [-0.4, -0.2) is 23.3 Å². The molecule has 1 heterocycles. The molecular formula is C19H23N3O2. The van der Waals surface area contributed by atoms with Crippen molar-refractivity contribution < 1.29 is 9.59 Å². The van der Waals surface area contributed by atoms with Gasteiger partial charge in [-0.2, -0.15) is 0 Å². The molecule has 0 saturated heterocycles. The summed E-state index contributed by atoms with van der Waals surface area (Å²) >= 11 is 0. The van der Waals surface area contributed by atoms with Crippen molar-refractivity contribution in [3.63, 3.8) is 0 Å². The first-order chi connectivity index (χ1) is 11.5. The number of anilines is 1. The van der Waals surface area contributed by atoms with Crippen LogP contribution in [-0.2, 0) is 0 Å². The lowest BCUT2D eigenvalue weighted by molar-refractivity contribution is 0.0953. The SMILES string of the molecule is CCCCNC(=O)c1ccnc(C(=O)Nc2cc(C)cc(C)c2)c1. The van der Waals surface area contributed by atoms with Gasteiger partial charge in [0.15, 0.2) is 0 Å². The molecule has 0 spiro atoms. The highest BCUT2D eigenvalue weighted by Crippen LogP contribution is 2.15. The van der Waals surface area contributed by atoms with Crippen molar-refractivity contribution in [2.45, 2.75) is 33.6 Å². The number of nitrogens with zero attached hydrogens (tertiary/aromatic N) is 1. The Morgan fingerprint density at radius 3 is 2.42 bits per heavy atom. The molecule has 0 aliphatic rings. The Morgan fingerprint density at radius 1 is 1.04 bits per heavy atom. The van der Waals surface area contributed by atoms with E-state index in [2.05, 4.69) is 22.5 Å². The molecule has 2 aromatic rings. The summed E-state index contributed by atoms with van der Waals surface area (Å²) in [5, 5.41) is 5.66. The zero-order chi connectivity index (χ0) is 17.5. The Morgan fingerprint density at radius 2 is 1.75 bits per heavy atom. The molecule has 1 aromatic heterocycles. The van der Waals surface area contributed by atoms with Crippen LogP contribution in [0.1, 0.15) is 51.7 Å². The summed E-state index contributed by atoms with van der Waals surface area (Å²) in [7, 11) is 0. The van der Waals surface area contributed by atoms with Gasteiger partial charge >= 0.3 is 0 Å². The molecule has 0 aliphatic heterocycles. The number of unbranched alkanes of at least 4 members (excludes halogenated alkanes) is 1. The quantitative estimate of drug-likeness (QED) is 0.799. The van der Waals surface area contributed by atoms with Gasteiger partial charge in [-0.05, 0) is 55.7 Å². The fourth-order valence-corrected chi connectivity index (χ4v) is 2.42.